The van der Waals surface area contributed by atoms with E-state index in [1.807, 2.05) is 69.3 Å². The summed E-state index contributed by atoms with van der Waals surface area (Å²) in [6, 6.07) is 21.1. The number of guanidine groups is 1. The largest absolute Gasteiger partial charge is 0.398 e. The molecule has 0 radical (unpaired) electrons. The molecule has 3 N–H and O–H groups in total. The maximum atomic E-state index is 14.7. The number of piperidine rings is 3. The van der Waals surface area contributed by atoms with Crippen molar-refractivity contribution < 1.29 is 18.0 Å². The number of para-hydroxylation sites is 2. The number of alkyl halides is 1. The third kappa shape index (κ3) is 8.43. The number of sulfonamides is 1. The molecule has 0 unspecified atom stereocenters. The SMILES string of the molecule is Nc1ccc(S(=O)(=O)N=C(N2CCC(N3Cc4ccccc4NC3=O)CC2)N(c2ccccc2)[C@@H](CBr)C(=O)N2CCC(N3CCCCC3)CC2)cc1Br. The number of amides is 3. The van der Waals surface area contributed by atoms with Crippen molar-refractivity contribution in [3.05, 3.63) is 82.8 Å². The summed E-state index contributed by atoms with van der Waals surface area (Å²) in [5.74, 6) is 0.0914. The Morgan fingerprint density at radius 1 is 0.870 bits per heavy atom. The van der Waals surface area contributed by atoms with Crippen LogP contribution in [0.15, 0.2) is 86.6 Å². The summed E-state index contributed by atoms with van der Waals surface area (Å²) in [7, 11) is -4.29. The van der Waals surface area contributed by atoms with Crippen LogP contribution in [0, 0.1) is 0 Å². The van der Waals surface area contributed by atoms with Crippen LogP contribution < -0.4 is 16.0 Å². The monoisotopic (exact) mass is 882 g/mol. The van der Waals surface area contributed by atoms with Crippen molar-refractivity contribution >= 4 is 76.8 Å². The number of urea groups is 1. The van der Waals surface area contributed by atoms with Crippen molar-refractivity contribution in [2.24, 2.45) is 4.40 Å². The quantitative estimate of drug-likeness (QED) is 0.116. The van der Waals surface area contributed by atoms with Gasteiger partial charge in [-0.25, -0.2) is 4.79 Å². The number of nitrogen functional groups attached to an aromatic ring is 1. The number of carbonyl (C=O) groups excluding carboxylic acids is 2. The van der Waals surface area contributed by atoms with E-state index in [-0.39, 0.29) is 34.2 Å². The molecule has 3 fully saturated rings. The molecule has 4 aliphatic rings. The van der Waals surface area contributed by atoms with Crippen LogP contribution in [-0.4, -0.2) is 109 Å². The average molecular weight is 885 g/mol. The molecule has 1 atom stereocenters. The van der Waals surface area contributed by atoms with E-state index in [4.69, 9.17) is 5.73 Å². The second-order valence-corrected chi connectivity index (χ2v) is 17.6. The van der Waals surface area contributed by atoms with Crippen molar-refractivity contribution in [2.75, 3.05) is 60.5 Å². The van der Waals surface area contributed by atoms with Crippen LogP contribution in [-0.2, 0) is 21.4 Å². The predicted octanol–water partition coefficient (Wildman–Crippen LogP) is 6.34. The van der Waals surface area contributed by atoms with E-state index in [0.29, 0.717) is 67.5 Å². The Hall–Kier alpha value is -3.66. The zero-order valence-electron chi connectivity index (χ0n) is 30.3. The van der Waals surface area contributed by atoms with Gasteiger partial charge in [0.2, 0.25) is 11.9 Å². The van der Waals surface area contributed by atoms with Gasteiger partial charge < -0.3 is 30.7 Å². The summed E-state index contributed by atoms with van der Waals surface area (Å²) in [5.41, 5.74) is 8.96. The molecule has 0 aliphatic carbocycles. The van der Waals surface area contributed by atoms with E-state index in [0.717, 1.165) is 37.2 Å². The highest BCUT2D eigenvalue weighted by molar-refractivity contribution is 9.10. The van der Waals surface area contributed by atoms with E-state index >= 15 is 0 Å². The minimum atomic E-state index is -4.29. The summed E-state index contributed by atoms with van der Waals surface area (Å²) in [6.07, 6.45) is 6.73. The number of benzene rings is 3. The molecule has 3 aromatic rings. The Morgan fingerprint density at radius 2 is 1.52 bits per heavy atom. The number of fused-ring (bicyclic) bond motifs is 1. The molecule has 54 heavy (non-hydrogen) atoms. The van der Waals surface area contributed by atoms with E-state index in [9.17, 15) is 18.0 Å². The van der Waals surface area contributed by atoms with Gasteiger partial charge in [0.25, 0.3) is 10.0 Å². The van der Waals surface area contributed by atoms with Crippen molar-refractivity contribution in [2.45, 2.75) is 74.5 Å². The maximum absolute atomic E-state index is 14.7. The lowest BCUT2D eigenvalue weighted by Gasteiger charge is -2.45. The number of carbonyl (C=O) groups is 2. The normalized spacial score (nSPS) is 20.0. The van der Waals surface area contributed by atoms with Gasteiger partial charge in [-0.3, -0.25) is 9.69 Å². The third-order valence-corrected chi connectivity index (χ3v) is 13.7. The first-order chi connectivity index (χ1) is 26.1. The molecule has 0 spiro atoms. The van der Waals surface area contributed by atoms with E-state index < -0.39 is 16.1 Å². The van der Waals surface area contributed by atoms with Crippen molar-refractivity contribution in [3.8, 4) is 0 Å². The van der Waals surface area contributed by atoms with Gasteiger partial charge in [0.1, 0.15) is 6.04 Å². The number of halogens is 2. The van der Waals surface area contributed by atoms with Crippen LogP contribution in [0.2, 0.25) is 0 Å². The Balaban J connectivity index is 1.20. The van der Waals surface area contributed by atoms with Gasteiger partial charge in [0, 0.05) is 71.7 Å². The van der Waals surface area contributed by atoms with Crippen LogP contribution >= 0.6 is 31.9 Å². The number of hydrogen-bond acceptors (Lipinski definition) is 6. The number of rotatable bonds is 8. The first-order valence-electron chi connectivity index (χ1n) is 18.9. The van der Waals surface area contributed by atoms with Crippen LogP contribution in [0.3, 0.4) is 0 Å². The number of likely N-dealkylation sites (tertiary alicyclic amines) is 3. The molecular formula is C39H48Br2N8O4S. The van der Waals surface area contributed by atoms with Crippen molar-refractivity contribution in [3.63, 3.8) is 0 Å². The Bertz CT molecular complexity index is 1950. The molecule has 4 heterocycles. The number of anilines is 3. The fraction of sp³-hybridized carbons (Fsp3) is 0.462. The standard InChI is InChI=1S/C39H48Br2N8O4S/c40-26-36(37(50)46-21-15-29(16-22-46)45-19-7-2-8-20-45)49(31-10-3-1-4-11-31)38(44-54(52,53)32-13-14-34(42)33(41)25-32)47-23-17-30(18-24-47)48-27-28-9-5-6-12-35(28)43-39(48)51/h1,3-6,9-14,25,29-30,36H,2,7-8,15-24,26-27,42H2,(H,43,51)/t36-/m0/s1. The zero-order valence-corrected chi connectivity index (χ0v) is 34.3. The Kier molecular flexibility index (Phi) is 12.2. The molecule has 0 saturated carbocycles. The van der Waals surface area contributed by atoms with E-state index in [2.05, 4.69) is 46.5 Å². The Morgan fingerprint density at radius 3 is 2.20 bits per heavy atom. The van der Waals surface area contributed by atoms with Gasteiger partial charge in [0.15, 0.2) is 0 Å². The van der Waals surface area contributed by atoms with Crippen LogP contribution in [0.1, 0.15) is 50.5 Å². The molecule has 3 amide bonds. The lowest BCUT2D eigenvalue weighted by atomic mass is 9.99. The van der Waals surface area contributed by atoms with E-state index in [1.165, 1.54) is 37.5 Å². The predicted molar refractivity (Wildman–Crippen MR) is 220 cm³/mol. The lowest BCUT2D eigenvalue weighted by Crippen LogP contribution is -2.60. The Labute approximate surface area is 335 Å². The molecule has 3 saturated heterocycles. The highest BCUT2D eigenvalue weighted by Gasteiger charge is 2.40. The minimum Gasteiger partial charge on any atom is -0.398 e. The fourth-order valence-corrected chi connectivity index (χ4v) is 10.3. The van der Waals surface area contributed by atoms with Crippen molar-refractivity contribution in [1.29, 1.82) is 0 Å². The zero-order chi connectivity index (χ0) is 37.8. The van der Waals surface area contributed by atoms with Gasteiger partial charge in [-0.2, -0.15) is 8.42 Å². The maximum Gasteiger partial charge on any atom is 0.322 e. The summed E-state index contributed by atoms with van der Waals surface area (Å²) >= 11 is 7.06. The fourth-order valence-electron chi connectivity index (χ4n) is 8.19. The topological polar surface area (TPSA) is 135 Å². The smallest absolute Gasteiger partial charge is 0.322 e. The van der Waals surface area contributed by atoms with E-state index in [1.54, 1.807) is 4.90 Å². The van der Waals surface area contributed by atoms with Crippen LogP contribution in [0.5, 0.6) is 0 Å². The molecule has 3 aromatic carbocycles. The average Bonchev–Trinajstić information content (AvgIpc) is 3.20. The lowest BCUT2D eigenvalue weighted by molar-refractivity contribution is -0.133. The molecule has 15 heteroatoms. The molecule has 0 aromatic heterocycles. The summed E-state index contributed by atoms with van der Waals surface area (Å²) < 4.78 is 33.5. The van der Waals surface area contributed by atoms with Crippen LogP contribution in [0.4, 0.5) is 21.9 Å². The van der Waals surface area contributed by atoms with Gasteiger partial charge in [-0.1, -0.05) is 58.7 Å². The van der Waals surface area contributed by atoms with Gasteiger partial charge >= 0.3 is 6.03 Å². The molecular weight excluding hydrogens is 836 g/mol. The molecule has 288 valence electrons. The van der Waals surface area contributed by atoms with Gasteiger partial charge in [0.05, 0.1) is 4.90 Å². The second-order valence-electron chi connectivity index (χ2n) is 14.5. The second kappa shape index (κ2) is 17.0. The molecule has 4 aliphatic heterocycles. The van der Waals surface area contributed by atoms with Gasteiger partial charge in [-0.15, -0.1) is 4.40 Å². The number of hydrogen-bond donors (Lipinski definition) is 2. The summed E-state index contributed by atoms with van der Waals surface area (Å²) in [6.45, 7) is 4.86. The summed E-state index contributed by atoms with van der Waals surface area (Å²) in [4.78, 5) is 38.0. The number of nitrogens with one attached hydrogen (secondary N) is 1. The number of nitrogens with two attached hydrogens (primary N) is 1. The first-order valence-corrected chi connectivity index (χ1v) is 22.2. The van der Waals surface area contributed by atoms with Crippen LogP contribution in [0.25, 0.3) is 0 Å². The molecule has 7 rings (SSSR count). The molecule has 0 bridgehead atoms. The first kappa shape index (κ1) is 38.6. The highest BCUT2D eigenvalue weighted by Crippen LogP contribution is 2.32. The summed E-state index contributed by atoms with van der Waals surface area (Å²) in [5, 5.41) is 3.28. The van der Waals surface area contributed by atoms with Gasteiger partial charge in [-0.05, 0) is 110 Å². The third-order valence-electron chi connectivity index (χ3n) is 11.2. The highest BCUT2D eigenvalue weighted by atomic mass is 79.9. The molecule has 12 nitrogen and oxygen atoms in total. The van der Waals surface area contributed by atoms with Crippen molar-refractivity contribution in [1.82, 2.24) is 19.6 Å². The minimum absolute atomic E-state index is 0.0193. The number of nitrogens with zero attached hydrogens (tertiary/aromatic N) is 6.